The van der Waals surface area contributed by atoms with E-state index in [1.165, 1.54) is 31.2 Å². The topological polar surface area (TPSA) is 29.1 Å². The third-order valence-corrected chi connectivity index (χ3v) is 4.97. The fourth-order valence-electron chi connectivity index (χ4n) is 3.88. The monoisotopic (exact) mass is 283 g/mol. The van der Waals surface area contributed by atoms with Crippen LogP contribution in [-0.2, 0) is 4.79 Å². The predicted molar refractivity (Wildman–Crippen MR) is 87.4 cm³/mol. The summed E-state index contributed by atoms with van der Waals surface area (Å²) in [4.78, 5) is 12.6. The molecule has 1 fully saturated rings. The van der Waals surface area contributed by atoms with E-state index in [2.05, 4.69) is 50.4 Å². The van der Waals surface area contributed by atoms with E-state index in [4.69, 9.17) is 0 Å². The van der Waals surface area contributed by atoms with E-state index in [0.29, 0.717) is 11.8 Å². The minimum Gasteiger partial charge on any atom is -0.325 e. The largest absolute Gasteiger partial charge is 0.325 e. The molecule has 0 bridgehead atoms. The van der Waals surface area contributed by atoms with Gasteiger partial charge in [0, 0.05) is 11.6 Å². The van der Waals surface area contributed by atoms with Crippen molar-refractivity contribution in [1.82, 2.24) is 0 Å². The lowest BCUT2D eigenvalue weighted by molar-refractivity contribution is -0.117. The molecule has 1 aromatic carbocycles. The molecule has 3 atom stereocenters. The van der Waals surface area contributed by atoms with Gasteiger partial charge in [0.1, 0.15) is 0 Å². The maximum Gasteiger partial charge on any atom is 0.228 e. The molecule has 1 saturated carbocycles. The van der Waals surface area contributed by atoms with Gasteiger partial charge in [-0.2, -0.15) is 0 Å². The van der Waals surface area contributed by atoms with E-state index in [1.807, 2.05) is 0 Å². The molecule has 0 saturated heterocycles. The summed E-state index contributed by atoms with van der Waals surface area (Å²) in [6.07, 6.45) is 9.46. The van der Waals surface area contributed by atoms with Gasteiger partial charge >= 0.3 is 0 Å². The molecule has 1 N–H and O–H groups in total. The minimum atomic E-state index is 0.194. The van der Waals surface area contributed by atoms with Crippen molar-refractivity contribution in [2.75, 3.05) is 5.32 Å². The molecule has 0 aromatic heterocycles. The number of carbonyl (C=O) groups excluding carboxylic acids is 1. The van der Waals surface area contributed by atoms with Crippen LogP contribution in [0.5, 0.6) is 0 Å². The van der Waals surface area contributed by atoms with Crippen LogP contribution in [0.4, 0.5) is 5.69 Å². The Morgan fingerprint density at radius 3 is 2.57 bits per heavy atom. The lowest BCUT2D eigenvalue weighted by Gasteiger charge is -2.13. The zero-order valence-electron chi connectivity index (χ0n) is 13.3. The van der Waals surface area contributed by atoms with Crippen molar-refractivity contribution < 1.29 is 4.79 Å². The number of benzene rings is 1. The molecule has 0 radical (unpaired) electrons. The molecule has 0 aliphatic heterocycles. The molecular formula is C19H25NO. The summed E-state index contributed by atoms with van der Waals surface area (Å²) in [5, 5.41) is 3.19. The Balaban J connectivity index is 1.73. The Hall–Kier alpha value is -1.57. The summed E-state index contributed by atoms with van der Waals surface area (Å²) < 4.78 is 0. The number of allylic oxidation sites excluding steroid dienone is 2. The Bertz CT molecular complexity index is 564. The van der Waals surface area contributed by atoms with Crippen LogP contribution in [0.3, 0.4) is 0 Å². The quantitative estimate of drug-likeness (QED) is 0.793. The smallest absolute Gasteiger partial charge is 0.228 e. The average molecular weight is 283 g/mol. The lowest BCUT2D eigenvalue weighted by Crippen LogP contribution is -2.17. The zero-order valence-corrected chi connectivity index (χ0v) is 13.3. The number of fused-ring (bicyclic) bond motifs is 1. The van der Waals surface area contributed by atoms with Crippen LogP contribution < -0.4 is 5.32 Å². The molecular weight excluding hydrogens is 258 g/mol. The van der Waals surface area contributed by atoms with E-state index in [9.17, 15) is 4.79 Å². The molecule has 2 heteroatoms. The number of amides is 1. The van der Waals surface area contributed by atoms with Crippen molar-refractivity contribution in [3.8, 4) is 0 Å². The van der Waals surface area contributed by atoms with Crippen LogP contribution in [0.1, 0.15) is 42.4 Å². The highest BCUT2D eigenvalue weighted by Gasteiger charge is 2.52. The highest BCUT2D eigenvalue weighted by Crippen LogP contribution is 2.52. The third-order valence-electron chi connectivity index (χ3n) is 4.97. The number of aryl methyl sites for hydroxylation is 3. The van der Waals surface area contributed by atoms with Gasteiger partial charge in [0.25, 0.3) is 0 Å². The van der Waals surface area contributed by atoms with Crippen LogP contribution in [0.15, 0.2) is 24.3 Å². The van der Waals surface area contributed by atoms with E-state index >= 15 is 0 Å². The van der Waals surface area contributed by atoms with Crippen molar-refractivity contribution in [1.29, 1.82) is 0 Å². The van der Waals surface area contributed by atoms with Crippen LogP contribution in [-0.4, -0.2) is 5.91 Å². The Morgan fingerprint density at radius 1 is 1.14 bits per heavy atom. The van der Waals surface area contributed by atoms with E-state index in [0.717, 1.165) is 16.8 Å². The van der Waals surface area contributed by atoms with Crippen LogP contribution >= 0.6 is 0 Å². The normalized spacial score (nSPS) is 27.5. The van der Waals surface area contributed by atoms with Gasteiger partial charge in [-0.1, -0.05) is 36.3 Å². The van der Waals surface area contributed by atoms with Crippen LogP contribution in [0, 0.1) is 38.5 Å². The Labute approximate surface area is 127 Å². The lowest BCUT2D eigenvalue weighted by atomic mass is 10.0. The summed E-state index contributed by atoms with van der Waals surface area (Å²) in [6, 6.07) is 4.27. The van der Waals surface area contributed by atoms with Gasteiger partial charge in [0.15, 0.2) is 0 Å². The molecule has 1 aromatic rings. The number of hydrogen-bond donors (Lipinski definition) is 1. The molecule has 21 heavy (non-hydrogen) atoms. The van der Waals surface area contributed by atoms with Crippen molar-refractivity contribution in [3.05, 3.63) is 41.0 Å². The first-order chi connectivity index (χ1) is 10.1. The molecule has 2 aliphatic rings. The number of hydrogen-bond acceptors (Lipinski definition) is 1. The van der Waals surface area contributed by atoms with Gasteiger partial charge in [-0.25, -0.2) is 0 Å². The van der Waals surface area contributed by atoms with Crippen molar-refractivity contribution in [2.24, 2.45) is 17.8 Å². The highest BCUT2D eigenvalue weighted by molar-refractivity contribution is 5.96. The molecule has 2 aliphatic carbocycles. The second-order valence-electron chi connectivity index (χ2n) is 6.74. The van der Waals surface area contributed by atoms with Crippen molar-refractivity contribution in [2.45, 2.75) is 46.5 Å². The summed E-state index contributed by atoms with van der Waals surface area (Å²) in [6.45, 7) is 6.25. The van der Waals surface area contributed by atoms with E-state index in [-0.39, 0.29) is 11.8 Å². The first kappa shape index (κ1) is 14.4. The highest BCUT2D eigenvalue weighted by atomic mass is 16.2. The second kappa shape index (κ2) is 5.67. The molecule has 0 heterocycles. The van der Waals surface area contributed by atoms with Gasteiger partial charge in [-0.3, -0.25) is 4.79 Å². The molecule has 0 spiro atoms. The fraction of sp³-hybridized carbons (Fsp3) is 0.526. The predicted octanol–water partition coefficient (Wildman–Crippen LogP) is 4.54. The van der Waals surface area contributed by atoms with Gasteiger partial charge in [0.2, 0.25) is 5.91 Å². The maximum atomic E-state index is 12.6. The zero-order chi connectivity index (χ0) is 15.0. The van der Waals surface area contributed by atoms with Crippen LogP contribution in [0.25, 0.3) is 0 Å². The van der Waals surface area contributed by atoms with Gasteiger partial charge in [0.05, 0.1) is 0 Å². The molecule has 3 rings (SSSR count). The first-order valence-corrected chi connectivity index (χ1v) is 8.13. The fourth-order valence-corrected chi connectivity index (χ4v) is 3.88. The summed E-state index contributed by atoms with van der Waals surface area (Å²) >= 11 is 0. The average Bonchev–Trinajstić information content (AvgIpc) is 3.05. The number of nitrogens with one attached hydrogen (secondary N) is 1. The number of carbonyl (C=O) groups is 1. The Kier molecular flexibility index (Phi) is 3.88. The Morgan fingerprint density at radius 2 is 1.86 bits per heavy atom. The maximum absolute atomic E-state index is 12.6. The number of anilines is 1. The standard InChI is InChI=1S/C19H25NO/c1-12-10-13(2)18(14(3)11-12)20-19(21)17-15-8-6-4-5-7-9-16(15)17/h6,8,10-11,15-17H,4-5,7,9H2,1-3H3,(H,20,21)/t15-,16-,17-/m0/s1. The molecule has 1 amide bonds. The molecule has 0 unspecified atom stereocenters. The summed E-state index contributed by atoms with van der Waals surface area (Å²) in [7, 11) is 0. The van der Waals surface area contributed by atoms with Gasteiger partial charge in [-0.05, 0) is 63.0 Å². The van der Waals surface area contributed by atoms with E-state index < -0.39 is 0 Å². The minimum absolute atomic E-state index is 0.194. The first-order valence-electron chi connectivity index (χ1n) is 8.13. The van der Waals surface area contributed by atoms with Crippen LogP contribution in [0.2, 0.25) is 0 Å². The summed E-state index contributed by atoms with van der Waals surface area (Å²) in [5.41, 5.74) is 4.58. The number of rotatable bonds is 2. The third kappa shape index (κ3) is 2.90. The SMILES string of the molecule is Cc1cc(C)c(NC(=O)[C@H]2[C@H]3C=CCCCC[C@@H]32)c(C)c1. The molecule has 112 valence electrons. The van der Waals surface area contributed by atoms with E-state index in [1.54, 1.807) is 0 Å². The van der Waals surface area contributed by atoms with Gasteiger partial charge < -0.3 is 5.32 Å². The van der Waals surface area contributed by atoms with Crippen molar-refractivity contribution in [3.63, 3.8) is 0 Å². The van der Waals surface area contributed by atoms with Crippen molar-refractivity contribution >= 4 is 11.6 Å². The summed E-state index contributed by atoms with van der Waals surface area (Å²) in [5.74, 6) is 1.47. The second-order valence-corrected chi connectivity index (χ2v) is 6.74. The molecule has 2 nitrogen and oxygen atoms in total. The van der Waals surface area contributed by atoms with Gasteiger partial charge in [-0.15, -0.1) is 0 Å².